The number of likely N-dealkylation sites (N-methyl/N-ethyl adjacent to an activating group) is 1. The highest BCUT2D eigenvalue weighted by Gasteiger charge is 2.47. The molecule has 0 heterocycles. The number of benzene rings is 1. The van der Waals surface area contributed by atoms with E-state index in [-0.39, 0.29) is 5.91 Å². The number of hydrogen-bond donors (Lipinski definition) is 1. The quantitative estimate of drug-likeness (QED) is 0.899. The van der Waals surface area contributed by atoms with Gasteiger partial charge in [0.2, 0.25) is 5.91 Å². The lowest BCUT2D eigenvalue weighted by atomic mass is 10.1. The van der Waals surface area contributed by atoms with Crippen LogP contribution in [0.4, 0.5) is 0 Å². The lowest BCUT2D eigenvalue weighted by Gasteiger charge is -2.21. The minimum Gasteiger partial charge on any atom is -0.496 e. The molecule has 0 bridgehead atoms. The number of rotatable bonds is 5. The number of ether oxygens (including phenoxy) is 1. The predicted octanol–water partition coefficient (Wildman–Crippen LogP) is 1.95. The summed E-state index contributed by atoms with van der Waals surface area (Å²) in [5, 5.41) is 0. The van der Waals surface area contributed by atoms with E-state index in [2.05, 4.69) is 15.9 Å². The molecule has 1 saturated carbocycles. The van der Waals surface area contributed by atoms with Crippen molar-refractivity contribution >= 4 is 21.8 Å². The fraction of sp³-hybridized carbons (Fsp3) is 0.500. The number of nitrogens with zero attached hydrogens (tertiary/aromatic N) is 1. The molecule has 0 aliphatic heterocycles. The van der Waals surface area contributed by atoms with Crippen molar-refractivity contribution < 1.29 is 9.53 Å². The molecule has 1 aliphatic rings. The number of amides is 1. The summed E-state index contributed by atoms with van der Waals surface area (Å²) in [5.74, 6) is 0.868. The number of hydrogen-bond acceptors (Lipinski definition) is 3. The summed E-state index contributed by atoms with van der Waals surface area (Å²) >= 11 is 3.46. The van der Waals surface area contributed by atoms with Crippen LogP contribution in [0.15, 0.2) is 22.7 Å². The Kier molecular flexibility index (Phi) is 4.16. The van der Waals surface area contributed by atoms with Crippen molar-refractivity contribution in [2.24, 2.45) is 5.73 Å². The second-order valence-electron chi connectivity index (χ2n) is 5.10. The van der Waals surface area contributed by atoms with E-state index in [0.29, 0.717) is 6.54 Å². The lowest BCUT2D eigenvalue weighted by Crippen LogP contribution is -2.44. The molecule has 19 heavy (non-hydrogen) atoms. The summed E-state index contributed by atoms with van der Waals surface area (Å²) < 4.78 is 6.12. The van der Waals surface area contributed by atoms with Gasteiger partial charge >= 0.3 is 0 Å². The van der Waals surface area contributed by atoms with E-state index in [9.17, 15) is 4.79 Å². The van der Waals surface area contributed by atoms with Crippen molar-refractivity contribution in [2.75, 3.05) is 20.7 Å². The molecule has 2 N–H and O–H groups in total. The van der Waals surface area contributed by atoms with Gasteiger partial charge in [0, 0.05) is 13.6 Å². The molecule has 2 rings (SSSR count). The van der Waals surface area contributed by atoms with Gasteiger partial charge in [-0.2, -0.15) is 0 Å². The Morgan fingerprint density at radius 2 is 2.21 bits per heavy atom. The van der Waals surface area contributed by atoms with Crippen molar-refractivity contribution in [2.45, 2.75) is 24.8 Å². The molecule has 0 radical (unpaired) electrons. The fourth-order valence-corrected chi connectivity index (χ4v) is 2.58. The Morgan fingerprint density at radius 1 is 1.53 bits per heavy atom. The molecule has 0 saturated heterocycles. The average molecular weight is 327 g/mol. The summed E-state index contributed by atoms with van der Waals surface area (Å²) in [6.45, 7) is 0.677. The maximum atomic E-state index is 12.0. The van der Waals surface area contributed by atoms with E-state index < -0.39 is 5.54 Å². The number of carbonyl (C=O) groups excluding carboxylic acids is 1. The Labute approximate surface area is 122 Å². The molecule has 104 valence electrons. The summed E-state index contributed by atoms with van der Waals surface area (Å²) in [5.41, 5.74) is 6.49. The van der Waals surface area contributed by atoms with Gasteiger partial charge in [0.15, 0.2) is 0 Å². The molecule has 1 amide bonds. The van der Waals surface area contributed by atoms with Gasteiger partial charge in [-0.25, -0.2) is 0 Å². The molecule has 1 fully saturated rings. The van der Waals surface area contributed by atoms with Gasteiger partial charge < -0.3 is 15.4 Å². The first-order valence-electron chi connectivity index (χ1n) is 6.33. The van der Waals surface area contributed by atoms with E-state index in [1.807, 2.05) is 25.2 Å². The maximum Gasteiger partial charge on any atom is 0.242 e. The van der Waals surface area contributed by atoms with Crippen LogP contribution in [0.2, 0.25) is 0 Å². The van der Waals surface area contributed by atoms with E-state index in [1.54, 1.807) is 12.0 Å². The van der Waals surface area contributed by atoms with Crippen LogP contribution in [0, 0.1) is 0 Å². The smallest absolute Gasteiger partial charge is 0.242 e. The summed E-state index contributed by atoms with van der Waals surface area (Å²) in [6, 6.07) is 5.95. The Balaban J connectivity index is 1.91. The molecule has 4 nitrogen and oxygen atoms in total. The molecule has 5 heteroatoms. The van der Waals surface area contributed by atoms with Crippen LogP contribution in [0.3, 0.4) is 0 Å². The van der Waals surface area contributed by atoms with E-state index in [1.165, 1.54) is 0 Å². The molecule has 1 aromatic carbocycles. The van der Waals surface area contributed by atoms with Crippen molar-refractivity contribution in [3.63, 3.8) is 0 Å². The highest BCUT2D eigenvalue weighted by Crippen LogP contribution is 2.33. The topological polar surface area (TPSA) is 55.6 Å². The largest absolute Gasteiger partial charge is 0.496 e. The van der Waals surface area contributed by atoms with Crippen LogP contribution in [-0.2, 0) is 11.2 Å². The fourth-order valence-electron chi connectivity index (χ4n) is 1.99. The molecule has 1 aliphatic carbocycles. The maximum absolute atomic E-state index is 12.0. The molecule has 1 aromatic rings. The molecular weight excluding hydrogens is 308 g/mol. The first kappa shape index (κ1) is 14.3. The summed E-state index contributed by atoms with van der Waals surface area (Å²) in [4.78, 5) is 13.7. The third-order valence-corrected chi connectivity index (χ3v) is 4.13. The van der Waals surface area contributed by atoms with E-state index in [4.69, 9.17) is 10.5 Å². The highest BCUT2D eigenvalue weighted by molar-refractivity contribution is 9.10. The number of methoxy groups -OCH3 is 1. The first-order chi connectivity index (χ1) is 8.96. The molecule has 0 aromatic heterocycles. The zero-order valence-corrected chi connectivity index (χ0v) is 12.9. The van der Waals surface area contributed by atoms with Crippen LogP contribution in [0.1, 0.15) is 18.4 Å². The minimum atomic E-state index is -0.574. The number of carbonyl (C=O) groups is 1. The van der Waals surface area contributed by atoms with Crippen molar-refractivity contribution in [3.05, 3.63) is 28.2 Å². The van der Waals surface area contributed by atoms with Gasteiger partial charge in [-0.1, -0.05) is 6.07 Å². The zero-order chi connectivity index (χ0) is 14.0. The first-order valence-corrected chi connectivity index (χ1v) is 7.12. The Hall–Kier alpha value is -1.07. The van der Waals surface area contributed by atoms with Gasteiger partial charge in [0.05, 0.1) is 17.1 Å². The van der Waals surface area contributed by atoms with Crippen LogP contribution < -0.4 is 10.5 Å². The normalized spacial score (nSPS) is 16.0. The third-order valence-electron chi connectivity index (χ3n) is 3.51. The van der Waals surface area contributed by atoms with Crippen LogP contribution >= 0.6 is 15.9 Å². The van der Waals surface area contributed by atoms with Gasteiger partial charge in [-0.05, 0) is 52.9 Å². The second kappa shape index (κ2) is 5.51. The standard InChI is InChI=1S/C14H19BrN2O2/c1-17(13(18)14(16)6-7-14)8-5-10-3-4-12(19-2)11(15)9-10/h3-4,9H,5-8,16H2,1-2H3. The van der Waals surface area contributed by atoms with Crippen LogP contribution in [-0.4, -0.2) is 37.0 Å². The van der Waals surface area contributed by atoms with Crippen molar-refractivity contribution in [3.8, 4) is 5.75 Å². The van der Waals surface area contributed by atoms with Crippen molar-refractivity contribution in [1.29, 1.82) is 0 Å². The monoisotopic (exact) mass is 326 g/mol. The average Bonchev–Trinajstić information content (AvgIpc) is 3.14. The number of halogens is 1. The van der Waals surface area contributed by atoms with Gasteiger partial charge in [-0.15, -0.1) is 0 Å². The summed E-state index contributed by atoms with van der Waals surface area (Å²) in [7, 11) is 3.45. The van der Waals surface area contributed by atoms with Gasteiger partial charge in [-0.3, -0.25) is 4.79 Å². The Morgan fingerprint density at radius 3 is 2.74 bits per heavy atom. The number of nitrogens with two attached hydrogens (primary N) is 1. The molecule has 0 atom stereocenters. The van der Waals surface area contributed by atoms with E-state index in [0.717, 1.165) is 35.0 Å². The predicted molar refractivity (Wildman–Crippen MR) is 78.2 cm³/mol. The van der Waals surface area contributed by atoms with Crippen LogP contribution in [0.25, 0.3) is 0 Å². The van der Waals surface area contributed by atoms with Crippen molar-refractivity contribution in [1.82, 2.24) is 4.90 Å². The van der Waals surface area contributed by atoms with E-state index >= 15 is 0 Å². The molecule has 0 spiro atoms. The van der Waals surface area contributed by atoms with Crippen LogP contribution in [0.5, 0.6) is 5.75 Å². The second-order valence-corrected chi connectivity index (χ2v) is 5.96. The highest BCUT2D eigenvalue weighted by atomic mass is 79.9. The minimum absolute atomic E-state index is 0.0556. The molecular formula is C14H19BrN2O2. The SMILES string of the molecule is COc1ccc(CCN(C)C(=O)C2(N)CC2)cc1Br. The zero-order valence-electron chi connectivity index (χ0n) is 11.3. The molecule has 0 unspecified atom stereocenters. The van der Waals surface area contributed by atoms with Gasteiger partial charge in [0.25, 0.3) is 0 Å². The lowest BCUT2D eigenvalue weighted by molar-refractivity contribution is -0.132. The summed E-state index contributed by atoms with van der Waals surface area (Å²) in [6.07, 6.45) is 2.43. The van der Waals surface area contributed by atoms with Gasteiger partial charge in [0.1, 0.15) is 5.75 Å². The third kappa shape index (κ3) is 3.28. The Bertz CT molecular complexity index is 486.